The molecule has 1 N–H and O–H groups in total. The molecule has 3 heterocycles. The summed E-state index contributed by atoms with van der Waals surface area (Å²) in [4.78, 5) is 50.8. The van der Waals surface area contributed by atoms with Gasteiger partial charge in [0.05, 0.1) is 41.4 Å². The number of anilines is 1. The molecule has 248 valence electrons. The Bertz CT molecular complexity index is 1940. The van der Waals surface area contributed by atoms with Gasteiger partial charge in [-0.3, -0.25) is 19.4 Å². The molecule has 1 aromatic heterocycles. The number of carboxylic acid groups (broad SMARTS) is 1. The average molecular weight is 733 g/mol. The minimum atomic E-state index is -5.16. The maximum atomic E-state index is 15.3. The van der Waals surface area contributed by atoms with Crippen molar-refractivity contribution in [2.24, 2.45) is 5.10 Å². The normalized spacial score (nSPS) is 19.2. The first-order valence-corrected chi connectivity index (χ1v) is 16.8. The second kappa shape index (κ2) is 16.1. The summed E-state index contributed by atoms with van der Waals surface area (Å²) in [6.07, 6.45) is 2.86. The molecule has 1 saturated carbocycles. The number of carbonyl (C=O) groups excluding carboxylic acids is 3. The molecule has 1 aliphatic carbocycles. The number of halogens is 1. The number of piperazine rings is 1. The van der Waals surface area contributed by atoms with Crippen LogP contribution in [0.25, 0.3) is 10.9 Å². The monoisotopic (exact) mass is 732 g/mol. The van der Waals surface area contributed by atoms with Crippen molar-refractivity contribution in [2.75, 3.05) is 37.7 Å². The largest absolute Gasteiger partial charge is 1.00 e. The van der Waals surface area contributed by atoms with Gasteiger partial charge in [-0.2, -0.15) is 5.10 Å². The summed E-state index contributed by atoms with van der Waals surface area (Å²) in [7, 11) is -5.16. The predicted molar refractivity (Wildman–Crippen MR) is 165 cm³/mol. The van der Waals surface area contributed by atoms with E-state index >= 15 is 4.39 Å². The third-order valence-electron chi connectivity index (χ3n) is 7.94. The van der Waals surface area contributed by atoms with Crippen LogP contribution in [-0.4, -0.2) is 94.4 Å². The van der Waals surface area contributed by atoms with Gasteiger partial charge in [0.15, 0.2) is 22.3 Å². The number of amides is 2. The zero-order valence-corrected chi connectivity index (χ0v) is 32.1. The number of carbonyl (C=O) groups is 3. The third-order valence-corrected chi connectivity index (χ3v) is 9.94. The Hall–Kier alpha value is -2.68. The fourth-order valence-electron chi connectivity index (χ4n) is 5.43. The molecule has 2 atom stereocenters. The number of fused-ring (bicyclic) bond motifs is 1. The minimum Gasteiger partial charge on any atom is -0.731 e. The van der Waals surface area contributed by atoms with Crippen LogP contribution in [0.1, 0.15) is 29.2 Å². The van der Waals surface area contributed by atoms with Crippen molar-refractivity contribution in [2.45, 2.75) is 30.3 Å². The van der Waals surface area contributed by atoms with Gasteiger partial charge in [0.25, 0.3) is 11.8 Å². The van der Waals surface area contributed by atoms with E-state index in [0.29, 0.717) is 37.4 Å². The molecule has 3 fully saturated rings. The molecular formula is C29H27FN6Na2O9S2. The van der Waals surface area contributed by atoms with E-state index in [1.807, 2.05) is 0 Å². The van der Waals surface area contributed by atoms with Crippen molar-refractivity contribution >= 4 is 62.0 Å². The first kappa shape index (κ1) is 39.1. The van der Waals surface area contributed by atoms with Gasteiger partial charge in [-0.05, 0) is 37.1 Å². The first-order valence-electron chi connectivity index (χ1n) is 14.5. The number of nitrogens with zero attached hydrogens (tertiary/aromatic N) is 5. The summed E-state index contributed by atoms with van der Waals surface area (Å²) in [5.74, 6) is -3.66. The zero-order chi connectivity index (χ0) is 33.5. The molecule has 2 amide bonds. The second-order valence-electron chi connectivity index (χ2n) is 11.0. The van der Waals surface area contributed by atoms with Crippen molar-refractivity contribution < 1.29 is 101 Å². The van der Waals surface area contributed by atoms with Gasteiger partial charge in [-0.15, -0.1) is 0 Å². The zero-order valence-electron chi connectivity index (χ0n) is 26.5. The van der Waals surface area contributed by atoms with Crippen LogP contribution in [0.3, 0.4) is 0 Å². The SMILES string of the molecule is O=C(COc1ccccc1)N[C@H]1C(=O)N(S(=O)(=O)[O-])C1SC=NN1CCN(c2cc3c(cc2F)c(=O)c(C(=O)[O-])cn3C2CC2)CC1.[Na+].[Na+]. The second-order valence-corrected chi connectivity index (χ2v) is 13.3. The average Bonchev–Trinajstić information content (AvgIpc) is 3.88. The molecule has 0 bridgehead atoms. The van der Waals surface area contributed by atoms with Crippen molar-refractivity contribution in [1.82, 2.24) is 19.2 Å². The fraction of sp³-hybridized carbons (Fsp3) is 0.345. The number of aromatic nitrogens is 1. The number of hydrogen-bond acceptors (Lipinski definition) is 13. The van der Waals surface area contributed by atoms with Crippen molar-refractivity contribution in [1.29, 1.82) is 0 Å². The van der Waals surface area contributed by atoms with Crippen molar-refractivity contribution in [3.05, 3.63) is 70.3 Å². The molecule has 0 spiro atoms. The van der Waals surface area contributed by atoms with Gasteiger partial charge in [0, 0.05) is 30.7 Å². The Morgan fingerprint density at radius 3 is 2.37 bits per heavy atom. The number of benzene rings is 2. The number of rotatable bonds is 11. The van der Waals surface area contributed by atoms with Crippen molar-refractivity contribution in [3.63, 3.8) is 0 Å². The van der Waals surface area contributed by atoms with Crippen LogP contribution in [0, 0.1) is 5.82 Å². The Morgan fingerprint density at radius 2 is 1.76 bits per heavy atom. The number of nitrogens with one attached hydrogen (secondary N) is 1. The van der Waals surface area contributed by atoms with E-state index in [1.165, 1.54) is 11.7 Å². The molecule has 6 rings (SSSR count). The minimum absolute atomic E-state index is 0. The summed E-state index contributed by atoms with van der Waals surface area (Å²) in [6.45, 7) is 0.830. The maximum absolute atomic E-state index is 15.3. The first-order chi connectivity index (χ1) is 22.4. The Labute approximate surface area is 328 Å². The number of carboxylic acids is 1. The molecule has 3 aliphatic rings. The summed E-state index contributed by atoms with van der Waals surface area (Å²) >= 11 is 0.761. The van der Waals surface area contributed by atoms with E-state index in [9.17, 15) is 37.3 Å². The molecule has 2 saturated heterocycles. The van der Waals surface area contributed by atoms with Crippen LogP contribution in [0.5, 0.6) is 5.75 Å². The standard InChI is InChI=1S/C29H29FN6O9S2.2Na/c30-21-12-19-22(35(17-6-7-17)14-20(26(19)38)29(40)41)13-23(21)33-8-10-34(11-9-33)31-16-46-28-25(27(39)36(28)47(42,43)44)32-24(37)15-45-18-4-2-1-3-5-18;;/h1-5,12-14,16-17,25,28H,6-11,15H2,(H,32,37)(H,40,41)(H,42,43,44);;/q;2*+1/p-2/t25-,28?;;/m0../s1. The van der Waals surface area contributed by atoms with Crippen molar-refractivity contribution in [3.8, 4) is 5.75 Å². The van der Waals surface area contributed by atoms with E-state index in [-0.39, 0.29) is 80.5 Å². The molecular weight excluding hydrogens is 705 g/mol. The number of aromatic carboxylic acids is 1. The summed E-state index contributed by atoms with van der Waals surface area (Å²) in [5, 5.41) is 18.5. The molecule has 15 nitrogen and oxygen atoms in total. The summed E-state index contributed by atoms with van der Waals surface area (Å²) in [6, 6.07) is 9.74. The van der Waals surface area contributed by atoms with Crippen LogP contribution in [0.4, 0.5) is 10.1 Å². The van der Waals surface area contributed by atoms with Crippen LogP contribution >= 0.6 is 11.8 Å². The Morgan fingerprint density at radius 1 is 1.08 bits per heavy atom. The number of β-lactam (4-membered cyclic amide) rings is 1. The van der Waals surface area contributed by atoms with E-state index in [4.69, 9.17) is 4.74 Å². The van der Waals surface area contributed by atoms with Gasteiger partial charge in [-0.1, -0.05) is 30.0 Å². The van der Waals surface area contributed by atoms with E-state index < -0.39 is 62.9 Å². The van der Waals surface area contributed by atoms with Crippen LogP contribution in [-0.2, 0) is 19.9 Å². The Balaban J connectivity index is 0.00000270. The number of ether oxygens (including phenoxy) is 1. The molecule has 20 heteroatoms. The topological polar surface area (TPSA) is 197 Å². The van der Waals surface area contributed by atoms with Gasteiger partial charge in [-0.25, -0.2) is 17.1 Å². The number of para-hydroxylation sites is 1. The molecule has 2 aromatic carbocycles. The summed E-state index contributed by atoms with van der Waals surface area (Å²) in [5.41, 5.74) is 0.609. The van der Waals surface area contributed by atoms with E-state index in [1.54, 1.807) is 50.9 Å². The van der Waals surface area contributed by atoms with Gasteiger partial charge < -0.3 is 34.0 Å². The van der Waals surface area contributed by atoms with Crippen LogP contribution in [0.15, 0.2) is 58.6 Å². The summed E-state index contributed by atoms with van der Waals surface area (Å²) < 4.78 is 57.6. The smallest absolute Gasteiger partial charge is 0.731 e. The molecule has 49 heavy (non-hydrogen) atoms. The number of pyridine rings is 1. The number of thioether (sulfide) groups is 1. The van der Waals surface area contributed by atoms with Gasteiger partial charge >= 0.3 is 59.1 Å². The molecule has 1 unspecified atom stereocenters. The molecule has 3 aromatic rings. The van der Waals surface area contributed by atoms with E-state index in [2.05, 4.69) is 10.4 Å². The molecule has 0 radical (unpaired) electrons. The molecule has 2 aliphatic heterocycles. The number of hydrogen-bond donors (Lipinski definition) is 1. The van der Waals surface area contributed by atoms with Gasteiger partial charge in [0.2, 0.25) is 0 Å². The predicted octanol–water partition coefficient (Wildman–Crippen LogP) is -6.16. The van der Waals surface area contributed by atoms with E-state index in [0.717, 1.165) is 30.7 Å². The third kappa shape index (κ3) is 8.62. The maximum Gasteiger partial charge on any atom is 1.00 e. The van der Waals surface area contributed by atoms with Gasteiger partial charge in [0.1, 0.15) is 23.0 Å². The number of hydrazone groups is 1. The fourth-order valence-corrected chi connectivity index (χ4v) is 7.48. The van der Waals surface area contributed by atoms with Crippen LogP contribution < -0.4 is 84.6 Å². The Kier molecular flexibility index (Phi) is 12.9. The quantitative estimate of drug-likeness (QED) is 0.0645. The van der Waals surface area contributed by atoms with Crippen LogP contribution in [0.2, 0.25) is 0 Å².